The van der Waals surface area contributed by atoms with Gasteiger partial charge in [0.15, 0.2) is 0 Å². The molecule has 0 saturated heterocycles. The highest BCUT2D eigenvalue weighted by atomic mass is 16.6. The number of benzene rings is 2. The summed E-state index contributed by atoms with van der Waals surface area (Å²) < 4.78 is 17.0. The van der Waals surface area contributed by atoms with E-state index < -0.39 is 23.5 Å². The summed E-state index contributed by atoms with van der Waals surface area (Å²) in [6, 6.07) is 10.4. The summed E-state index contributed by atoms with van der Waals surface area (Å²) in [7, 11) is 1.49. The van der Waals surface area contributed by atoms with Crippen molar-refractivity contribution in [3.63, 3.8) is 0 Å². The lowest BCUT2D eigenvalue weighted by molar-refractivity contribution is -0.156. The molecule has 1 atom stereocenters. The number of fused-ring (bicyclic) bond motifs is 1. The van der Waals surface area contributed by atoms with Crippen LogP contribution < -0.4 is 15.0 Å². The van der Waals surface area contributed by atoms with Crippen molar-refractivity contribution in [1.29, 1.82) is 0 Å². The van der Waals surface area contributed by atoms with Crippen LogP contribution in [0.5, 0.6) is 5.75 Å². The van der Waals surface area contributed by atoms with Gasteiger partial charge in [-0.05, 0) is 44.5 Å². The monoisotopic (exact) mass is 511 g/mol. The van der Waals surface area contributed by atoms with Crippen molar-refractivity contribution in [3.05, 3.63) is 77.3 Å². The second kappa shape index (κ2) is 8.44. The van der Waals surface area contributed by atoms with Crippen LogP contribution in [0.3, 0.4) is 0 Å². The minimum Gasteiger partial charge on any atom is -0.496 e. The van der Waals surface area contributed by atoms with E-state index in [4.69, 9.17) is 13.9 Å². The zero-order valence-corrected chi connectivity index (χ0v) is 21.3. The molecule has 0 radical (unpaired) electrons. The largest absolute Gasteiger partial charge is 0.496 e. The second-order valence-electron chi connectivity index (χ2n) is 10.3. The van der Waals surface area contributed by atoms with Gasteiger partial charge < -0.3 is 18.8 Å². The Morgan fingerprint density at radius 1 is 1.11 bits per heavy atom. The molecular formula is C29H25N3O6. The SMILES string of the molecule is COc1ccc2ccoc2c1C1=C(C2=NC=CN3c4c(cccc42)CC3C(=O)OC(C)(C)C)C(=O)NC1=O. The average molecular weight is 512 g/mol. The molecule has 0 saturated carbocycles. The van der Waals surface area contributed by atoms with Crippen molar-refractivity contribution in [3.8, 4) is 5.75 Å². The molecule has 1 unspecified atom stereocenters. The van der Waals surface area contributed by atoms with E-state index in [1.807, 2.05) is 49.9 Å². The standard InChI is InChI=1S/C29H25N3O6/c1-29(2,3)38-28(35)18-14-16-6-5-7-17-23(30-11-12-32(18)24(16)17)22-21(26(33)31-27(22)34)20-19(36-4)9-8-15-10-13-37-25(15)20/h5-13,18H,14H2,1-4H3,(H,31,33,34). The van der Waals surface area contributed by atoms with Gasteiger partial charge in [0.25, 0.3) is 11.8 Å². The van der Waals surface area contributed by atoms with Gasteiger partial charge in [0.2, 0.25) is 0 Å². The van der Waals surface area contributed by atoms with E-state index in [9.17, 15) is 14.4 Å². The number of aliphatic imine (C=N–C) groups is 1. The molecule has 38 heavy (non-hydrogen) atoms. The Hall–Kier alpha value is -4.66. The maximum absolute atomic E-state index is 13.3. The first-order chi connectivity index (χ1) is 18.2. The van der Waals surface area contributed by atoms with Crippen molar-refractivity contribution >= 4 is 45.7 Å². The normalized spacial score (nSPS) is 18.5. The van der Waals surface area contributed by atoms with Crippen LogP contribution in [0.2, 0.25) is 0 Å². The highest BCUT2D eigenvalue weighted by molar-refractivity contribution is 6.48. The molecule has 0 bridgehead atoms. The van der Waals surface area contributed by atoms with Crippen LogP contribution in [0.4, 0.5) is 5.69 Å². The Morgan fingerprint density at radius 2 is 1.89 bits per heavy atom. The lowest BCUT2D eigenvalue weighted by atomic mass is 9.91. The van der Waals surface area contributed by atoms with Gasteiger partial charge in [-0.15, -0.1) is 0 Å². The Morgan fingerprint density at radius 3 is 2.66 bits per heavy atom. The summed E-state index contributed by atoms with van der Waals surface area (Å²) in [6.45, 7) is 5.49. The molecular weight excluding hydrogens is 486 g/mol. The van der Waals surface area contributed by atoms with E-state index in [1.165, 1.54) is 19.6 Å². The van der Waals surface area contributed by atoms with Crippen LogP contribution in [-0.4, -0.2) is 42.2 Å². The Balaban J connectivity index is 1.54. The fourth-order valence-corrected chi connectivity index (χ4v) is 5.25. The fourth-order valence-electron chi connectivity index (χ4n) is 5.25. The fraction of sp³-hybridized carbons (Fsp3) is 0.241. The van der Waals surface area contributed by atoms with Crippen molar-refractivity contribution in [2.75, 3.05) is 12.0 Å². The number of para-hydroxylation sites is 1. The van der Waals surface area contributed by atoms with Gasteiger partial charge in [0.05, 0.1) is 41.5 Å². The zero-order chi connectivity index (χ0) is 26.8. The number of amides is 2. The van der Waals surface area contributed by atoms with Crippen molar-refractivity contribution < 1.29 is 28.3 Å². The lowest BCUT2D eigenvalue weighted by Crippen LogP contribution is -2.40. The summed E-state index contributed by atoms with van der Waals surface area (Å²) in [4.78, 5) is 46.1. The molecule has 0 aliphatic carbocycles. The van der Waals surface area contributed by atoms with Crippen molar-refractivity contribution in [1.82, 2.24) is 5.32 Å². The van der Waals surface area contributed by atoms with Crippen LogP contribution in [0, 0.1) is 0 Å². The first-order valence-corrected chi connectivity index (χ1v) is 12.2. The Bertz CT molecular complexity index is 1640. The minimum atomic E-state index is -0.639. The van der Waals surface area contributed by atoms with Gasteiger partial charge in [-0.25, -0.2) is 4.79 Å². The Labute approximate surface area is 218 Å². The van der Waals surface area contributed by atoms with E-state index in [0.717, 1.165) is 16.6 Å². The number of nitrogens with zero attached hydrogens (tertiary/aromatic N) is 2. The predicted molar refractivity (Wildman–Crippen MR) is 141 cm³/mol. The number of esters is 1. The molecule has 2 amide bonds. The number of carbonyl (C=O) groups is 3. The van der Waals surface area contributed by atoms with Crippen LogP contribution in [0.25, 0.3) is 16.5 Å². The van der Waals surface area contributed by atoms with Crippen molar-refractivity contribution in [2.24, 2.45) is 4.99 Å². The molecule has 1 N–H and O–H groups in total. The number of imide groups is 1. The van der Waals surface area contributed by atoms with E-state index in [0.29, 0.717) is 34.6 Å². The number of ether oxygens (including phenoxy) is 2. The highest BCUT2D eigenvalue weighted by Crippen LogP contribution is 2.43. The molecule has 2 aromatic carbocycles. The molecule has 0 spiro atoms. The Kier molecular flexibility index (Phi) is 5.27. The predicted octanol–water partition coefficient (Wildman–Crippen LogP) is 3.90. The molecule has 9 nitrogen and oxygen atoms in total. The number of methoxy groups -OCH3 is 1. The molecule has 9 heteroatoms. The van der Waals surface area contributed by atoms with Crippen LogP contribution >= 0.6 is 0 Å². The summed E-state index contributed by atoms with van der Waals surface area (Å²) >= 11 is 0. The average Bonchev–Trinajstić information content (AvgIpc) is 3.52. The first kappa shape index (κ1) is 23.7. The molecule has 3 aromatic rings. The third-order valence-corrected chi connectivity index (χ3v) is 6.71. The molecule has 1 aromatic heterocycles. The van der Waals surface area contributed by atoms with Crippen LogP contribution in [0.15, 0.2) is 70.0 Å². The van der Waals surface area contributed by atoms with E-state index in [-0.39, 0.29) is 17.1 Å². The topological polar surface area (TPSA) is 110 Å². The zero-order valence-electron chi connectivity index (χ0n) is 21.3. The third kappa shape index (κ3) is 3.61. The number of nitrogens with one attached hydrogen (secondary N) is 1. The molecule has 192 valence electrons. The smallest absolute Gasteiger partial charge is 0.329 e. The van der Waals surface area contributed by atoms with E-state index in [1.54, 1.807) is 18.3 Å². The van der Waals surface area contributed by atoms with Gasteiger partial charge in [-0.1, -0.05) is 18.2 Å². The molecule has 3 aliphatic heterocycles. The maximum Gasteiger partial charge on any atom is 0.329 e. The minimum absolute atomic E-state index is 0.109. The summed E-state index contributed by atoms with van der Waals surface area (Å²) in [5, 5.41) is 3.18. The highest BCUT2D eigenvalue weighted by Gasteiger charge is 2.42. The number of rotatable bonds is 4. The number of hydrogen-bond donors (Lipinski definition) is 1. The molecule has 0 fully saturated rings. The van der Waals surface area contributed by atoms with E-state index in [2.05, 4.69) is 10.3 Å². The number of carbonyl (C=O) groups excluding carboxylic acids is 3. The van der Waals surface area contributed by atoms with E-state index >= 15 is 0 Å². The summed E-state index contributed by atoms with van der Waals surface area (Å²) in [6.07, 6.45) is 5.20. The number of furan rings is 1. The van der Waals surface area contributed by atoms with Crippen LogP contribution in [-0.2, 0) is 25.5 Å². The summed E-state index contributed by atoms with van der Waals surface area (Å²) in [5.74, 6) is -1.11. The van der Waals surface area contributed by atoms with Crippen LogP contribution in [0.1, 0.15) is 37.5 Å². The first-order valence-electron chi connectivity index (χ1n) is 12.2. The quantitative estimate of drug-likeness (QED) is 0.418. The van der Waals surface area contributed by atoms with Gasteiger partial charge >= 0.3 is 5.97 Å². The molecule has 3 aliphatic rings. The third-order valence-electron chi connectivity index (χ3n) is 6.71. The van der Waals surface area contributed by atoms with Crippen molar-refractivity contribution in [2.45, 2.75) is 38.8 Å². The van der Waals surface area contributed by atoms with Gasteiger partial charge in [-0.2, -0.15) is 0 Å². The second-order valence-corrected chi connectivity index (χ2v) is 10.3. The maximum atomic E-state index is 13.3. The van der Waals surface area contributed by atoms with Gasteiger partial charge in [0.1, 0.15) is 23.0 Å². The van der Waals surface area contributed by atoms with Gasteiger partial charge in [-0.3, -0.25) is 19.9 Å². The number of hydrogen-bond acceptors (Lipinski definition) is 8. The number of anilines is 1. The molecule has 4 heterocycles. The van der Waals surface area contributed by atoms with Gasteiger partial charge in [0, 0.05) is 29.8 Å². The summed E-state index contributed by atoms with van der Waals surface area (Å²) in [5.41, 5.74) is 2.99. The lowest BCUT2D eigenvalue weighted by Gasteiger charge is -2.27. The molecule has 6 rings (SSSR count).